The number of ether oxygens (including phenoxy) is 2. The molecule has 0 N–H and O–H groups in total. The molecule has 1 unspecified atom stereocenters. The molecule has 2 rings (SSSR count). The standard InChI is InChI=1S/C15H21NO2.C14H19NO2/c1-6-14(11(2)15(17)16(3)4)12-8-7-9-13(10-12)18-5;1-10(11(2)14(16)15(3)4)12-7-6-8-13(9-12)17-5/h6-11H,1-5H3;6-9H,1-5H3/b14-6+;11-10+. The quantitative estimate of drug-likeness (QED) is 0.498. The Morgan fingerprint density at radius 2 is 1.31 bits per heavy atom. The van der Waals surface area contributed by atoms with Gasteiger partial charge in [0.25, 0.3) is 0 Å². The minimum absolute atomic E-state index is 0.0327. The van der Waals surface area contributed by atoms with Crippen LogP contribution in [-0.2, 0) is 9.59 Å². The van der Waals surface area contributed by atoms with Crippen LogP contribution in [0.4, 0.5) is 0 Å². The predicted molar refractivity (Wildman–Crippen MR) is 144 cm³/mol. The van der Waals surface area contributed by atoms with Crippen molar-refractivity contribution in [1.29, 1.82) is 0 Å². The highest BCUT2D eigenvalue weighted by Gasteiger charge is 2.20. The minimum Gasteiger partial charge on any atom is -0.497 e. The van der Waals surface area contributed by atoms with Crippen molar-refractivity contribution < 1.29 is 19.1 Å². The first-order valence-corrected chi connectivity index (χ1v) is 11.5. The number of amides is 2. The van der Waals surface area contributed by atoms with Crippen LogP contribution in [0.1, 0.15) is 38.8 Å². The number of allylic oxidation sites excluding steroid dienone is 2. The van der Waals surface area contributed by atoms with Crippen molar-refractivity contribution in [1.82, 2.24) is 9.80 Å². The van der Waals surface area contributed by atoms with Crippen molar-refractivity contribution in [3.05, 3.63) is 71.3 Å². The Hall–Kier alpha value is -3.54. The van der Waals surface area contributed by atoms with Crippen molar-refractivity contribution in [2.75, 3.05) is 42.4 Å². The molecule has 0 fully saturated rings. The smallest absolute Gasteiger partial charge is 0.249 e. The van der Waals surface area contributed by atoms with E-state index in [4.69, 9.17) is 9.47 Å². The Morgan fingerprint density at radius 1 is 0.829 bits per heavy atom. The fourth-order valence-corrected chi connectivity index (χ4v) is 3.56. The van der Waals surface area contributed by atoms with Gasteiger partial charge in [0.1, 0.15) is 11.5 Å². The lowest BCUT2D eigenvalue weighted by atomic mass is 9.92. The van der Waals surface area contributed by atoms with E-state index in [2.05, 4.69) is 0 Å². The maximum atomic E-state index is 12.0. The maximum Gasteiger partial charge on any atom is 0.249 e. The number of carbonyl (C=O) groups is 2. The maximum absolute atomic E-state index is 12.0. The molecule has 190 valence electrons. The number of hydrogen-bond donors (Lipinski definition) is 0. The zero-order valence-electron chi connectivity index (χ0n) is 22.8. The summed E-state index contributed by atoms with van der Waals surface area (Å²) in [6, 6.07) is 15.5. The molecule has 35 heavy (non-hydrogen) atoms. The lowest BCUT2D eigenvalue weighted by molar-refractivity contribution is -0.130. The molecule has 0 heterocycles. The third kappa shape index (κ3) is 8.32. The molecule has 2 aromatic carbocycles. The molecule has 2 amide bonds. The highest BCUT2D eigenvalue weighted by atomic mass is 16.5. The largest absolute Gasteiger partial charge is 0.497 e. The molecular weight excluding hydrogens is 440 g/mol. The van der Waals surface area contributed by atoms with Gasteiger partial charge in [-0.25, -0.2) is 0 Å². The monoisotopic (exact) mass is 480 g/mol. The van der Waals surface area contributed by atoms with E-state index in [9.17, 15) is 9.59 Å². The molecule has 0 aliphatic rings. The number of benzene rings is 2. The van der Waals surface area contributed by atoms with E-state index in [-0.39, 0.29) is 17.7 Å². The fourth-order valence-electron chi connectivity index (χ4n) is 3.56. The molecule has 0 aliphatic heterocycles. The van der Waals surface area contributed by atoms with Crippen LogP contribution in [0.15, 0.2) is 60.2 Å². The topological polar surface area (TPSA) is 59.1 Å². The average molecular weight is 481 g/mol. The molecule has 0 saturated heterocycles. The molecule has 6 nitrogen and oxygen atoms in total. The van der Waals surface area contributed by atoms with E-state index < -0.39 is 0 Å². The van der Waals surface area contributed by atoms with Crippen LogP contribution < -0.4 is 9.47 Å². The first kappa shape index (κ1) is 29.5. The van der Waals surface area contributed by atoms with Crippen LogP contribution in [0.25, 0.3) is 11.1 Å². The lowest BCUT2D eigenvalue weighted by Crippen LogP contribution is -2.28. The van der Waals surface area contributed by atoms with E-state index in [1.807, 2.05) is 82.3 Å². The van der Waals surface area contributed by atoms with Gasteiger partial charge in [0.15, 0.2) is 0 Å². The minimum atomic E-state index is -0.155. The lowest BCUT2D eigenvalue weighted by Gasteiger charge is -2.20. The number of carbonyl (C=O) groups excluding carboxylic acids is 2. The van der Waals surface area contributed by atoms with E-state index >= 15 is 0 Å². The molecule has 2 aromatic rings. The molecule has 0 bridgehead atoms. The second kappa shape index (κ2) is 14.0. The Balaban J connectivity index is 0.000000351. The second-order valence-electron chi connectivity index (χ2n) is 8.61. The summed E-state index contributed by atoms with van der Waals surface area (Å²) in [5.74, 6) is 1.58. The molecular formula is C29H40N2O4. The van der Waals surface area contributed by atoms with Crippen molar-refractivity contribution >= 4 is 23.0 Å². The summed E-state index contributed by atoms with van der Waals surface area (Å²) in [6.07, 6.45) is 1.99. The van der Waals surface area contributed by atoms with E-state index in [0.29, 0.717) is 0 Å². The van der Waals surface area contributed by atoms with Gasteiger partial charge in [-0.05, 0) is 74.2 Å². The summed E-state index contributed by atoms with van der Waals surface area (Å²) in [6.45, 7) is 7.67. The van der Waals surface area contributed by atoms with E-state index in [0.717, 1.165) is 39.3 Å². The van der Waals surface area contributed by atoms with Gasteiger partial charge in [-0.15, -0.1) is 0 Å². The van der Waals surface area contributed by atoms with Crippen molar-refractivity contribution in [3.63, 3.8) is 0 Å². The molecule has 0 spiro atoms. The zero-order chi connectivity index (χ0) is 26.7. The summed E-state index contributed by atoms with van der Waals surface area (Å²) in [5.41, 5.74) is 4.79. The summed E-state index contributed by atoms with van der Waals surface area (Å²) in [5, 5.41) is 0. The molecule has 0 aliphatic carbocycles. The Bertz CT molecular complexity index is 1070. The second-order valence-corrected chi connectivity index (χ2v) is 8.61. The summed E-state index contributed by atoms with van der Waals surface area (Å²) in [4.78, 5) is 27.1. The molecule has 6 heteroatoms. The summed E-state index contributed by atoms with van der Waals surface area (Å²) < 4.78 is 10.4. The first-order chi connectivity index (χ1) is 16.5. The normalized spacial score (nSPS) is 12.5. The molecule has 0 aromatic heterocycles. The number of hydrogen-bond acceptors (Lipinski definition) is 4. The molecule has 0 saturated carbocycles. The van der Waals surface area contributed by atoms with Gasteiger partial charge in [-0.3, -0.25) is 9.59 Å². The van der Waals surface area contributed by atoms with Crippen LogP contribution in [0.3, 0.4) is 0 Å². The van der Waals surface area contributed by atoms with Crippen LogP contribution in [0, 0.1) is 5.92 Å². The Morgan fingerprint density at radius 3 is 1.74 bits per heavy atom. The number of rotatable bonds is 7. The van der Waals surface area contributed by atoms with Crippen LogP contribution in [-0.4, -0.2) is 64.0 Å². The van der Waals surface area contributed by atoms with Crippen LogP contribution >= 0.6 is 0 Å². The van der Waals surface area contributed by atoms with Crippen molar-refractivity contribution in [2.45, 2.75) is 27.7 Å². The Kier molecular flexibility index (Phi) is 11.8. The summed E-state index contributed by atoms with van der Waals surface area (Å²) >= 11 is 0. The summed E-state index contributed by atoms with van der Waals surface area (Å²) in [7, 11) is 10.3. The SMILES string of the molecule is C/C=C(/c1cccc(OC)c1)C(C)C(=O)N(C)C.COc1cccc(/C(C)=C(\C)C(=O)N(C)C)c1. The van der Waals surface area contributed by atoms with Gasteiger partial charge in [-0.1, -0.05) is 30.3 Å². The first-order valence-electron chi connectivity index (χ1n) is 11.5. The van der Waals surface area contributed by atoms with Crippen molar-refractivity contribution in [2.24, 2.45) is 5.92 Å². The van der Waals surface area contributed by atoms with Gasteiger partial charge < -0.3 is 19.3 Å². The molecule has 1 atom stereocenters. The highest BCUT2D eigenvalue weighted by molar-refractivity contribution is 6.00. The third-order valence-corrected chi connectivity index (χ3v) is 5.78. The molecule has 0 radical (unpaired) electrons. The van der Waals surface area contributed by atoms with Crippen molar-refractivity contribution in [3.8, 4) is 11.5 Å². The fraction of sp³-hybridized carbons (Fsp3) is 0.379. The van der Waals surface area contributed by atoms with Gasteiger partial charge in [0, 0.05) is 33.8 Å². The van der Waals surface area contributed by atoms with Crippen LogP contribution in [0.2, 0.25) is 0 Å². The van der Waals surface area contributed by atoms with Gasteiger partial charge in [-0.2, -0.15) is 0 Å². The van der Waals surface area contributed by atoms with Crippen LogP contribution in [0.5, 0.6) is 11.5 Å². The van der Waals surface area contributed by atoms with E-state index in [1.165, 1.54) is 0 Å². The van der Waals surface area contributed by atoms with E-state index in [1.54, 1.807) is 52.2 Å². The number of likely N-dealkylation sites (N-methyl/N-ethyl adjacent to an activating group) is 1. The van der Waals surface area contributed by atoms with Gasteiger partial charge >= 0.3 is 0 Å². The van der Waals surface area contributed by atoms with Gasteiger partial charge in [0.05, 0.1) is 20.1 Å². The number of nitrogens with zero attached hydrogens (tertiary/aromatic N) is 2. The Labute approximate surface area is 210 Å². The number of methoxy groups -OCH3 is 2. The average Bonchev–Trinajstić information content (AvgIpc) is 2.87. The zero-order valence-corrected chi connectivity index (χ0v) is 22.8. The highest BCUT2D eigenvalue weighted by Crippen LogP contribution is 2.27. The predicted octanol–water partition coefficient (Wildman–Crippen LogP) is 5.40. The third-order valence-electron chi connectivity index (χ3n) is 5.78. The van der Waals surface area contributed by atoms with Gasteiger partial charge in [0.2, 0.25) is 11.8 Å².